The quantitative estimate of drug-likeness (QED) is 0.817. The molecule has 7 heteroatoms. The molecule has 4 amide bonds. The Labute approximate surface area is 143 Å². The number of thiophene rings is 1. The smallest absolute Gasteiger partial charge is 0.309 e. The molecule has 2 aromatic rings. The number of rotatable bonds is 6. The van der Waals surface area contributed by atoms with Crippen molar-refractivity contribution in [2.24, 2.45) is 0 Å². The normalized spacial score (nSPS) is 14.3. The van der Waals surface area contributed by atoms with Gasteiger partial charge in [0.2, 0.25) is 5.91 Å². The zero-order valence-corrected chi connectivity index (χ0v) is 13.8. The number of hydrogen-bond acceptors (Lipinski definition) is 4. The van der Waals surface area contributed by atoms with Crippen molar-refractivity contribution in [1.82, 2.24) is 15.3 Å². The van der Waals surface area contributed by atoms with Crippen LogP contribution in [-0.4, -0.2) is 34.3 Å². The number of urea groups is 1. The molecule has 0 atom stereocenters. The first-order valence-electron chi connectivity index (χ1n) is 7.61. The molecule has 124 valence electrons. The van der Waals surface area contributed by atoms with Gasteiger partial charge in [-0.15, -0.1) is 11.3 Å². The molecule has 1 aromatic heterocycles. The highest BCUT2D eigenvalue weighted by molar-refractivity contribution is 7.09. The van der Waals surface area contributed by atoms with E-state index in [1.807, 2.05) is 47.8 Å². The zero-order valence-electron chi connectivity index (χ0n) is 13.0. The highest BCUT2D eigenvalue weighted by Gasteiger charge is 2.37. The molecule has 1 N–H and O–H groups in total. The summed E-state index contributed by atoms with van der Waals surface area (Å²) in [6.07, 6.45) is 0.823. The highest BCUT2D eigenvalue weighted by Crippen LogP contribution is 2.14. The van der Waals surface area contributed by atoms with Crippen molar-refractivity contribution in [3.8, 4) is 0 Å². The molecule has 6 nitrogen and oxygen atoms in total. The zero-order chi connectivity index (χ0) is 16.9. The third kappa shape index (κ3) is 3.80. The van der Waals surface area contributed by atoms with Crippen molar-refractivity contribution in [1.29, 1.82) is 0 Å². The summed E-state index contributed by atoms with van der Waals surface area (Å²) < 4.78 is 0. The van der Waals surface area contributed by atoms with Crippen molar-refractivity contribution >= 4 is 29.2 Å². The Bertz CT molecular complexity index is 731. The van der Waals surface area contributed by atoms with Gasteiger partial charge in [0.1, 0.15) is 6.54 Å². The first-order valence-corrected chi connectivity index (χ1v) is 8.49. The van der Waals surface area contributed by atoms with Crippen LogP contribution in [0.2, 0.25) is 0 Å². The van der Waals surface area contributed by atoms with Crippen molar-refractivity contribution < 1.29 is 14.4 Å². The summed E-state index contributed by atoms with van der Waals surface area (Å²) in [4.78, 5) is 38.8. The van der Waals surface area contributed by atoms with E-state index in [1.54, 1.807) is 11.3 Å². The van der Waals surface area contributed by atoms with Gasteiger partial charge in [-0.1, -0.05) is 36.4 Å². The Hall–Kier alpha value is -2.67. The van der Waals surface area contributed by atoms with Crippen LogP contribution in [0.15, 0.2) is 47.8 Å². The fraction of sp³-hybridized carbons (Fsp3) is 0.235. The molecule has 1 aromatic carbocycles. The number of amides is 4. The van der Waals surface area contributed by atoms with Gasteiger partial charge in [-0.05, 0) is 23.4 Å². The van der Waals surface area contributed by atoms with Gasteiger partial charge < -0.3 is 4.90 Å². The molecular weight excluding hydrogens is 326 g/mol. The van der Waals surface area contributed by atoms with E-state index in [0.29, 0.717) is 13.0 Å². The molecule has 2 heterocycles. The van der Waals surface area contributed by atoms with Crippen LogP contribution in [0.25, 0.3) is 0 Å². The minimum atomic E-state index is -0.492. The molecule has 0 radical (unpaired) electrons. The van der Waals surface area contributed by atoms with Gasteiger partial charge >= 0.3 is 6.03 Å². The summed E-state index contributed by atoms with van der Waals surface area (Å²) in [5.74, 6) is -0.757. The monoisotopic (exact) mass is 343 g/mol. The van der Waals surface area contributed by atoms with Crippen molar-refractivity contribution in [3.05, 3.63) is 58.3 Å². The Morgan fingerprint density at radius 2 is 1.92 bits per heavy atom. The standard InChI is InChI=1S/C17H17N3O3S/c21-15(9-8-14-7-4-10-24-14)18-20-16(22)12-19(17(20)23)11-13-5-2-1-3-6-13/h1-7,10H,8-9,11-12H2,(H,18,21). The molecule has 0 bridgehead atoms. The average molecular weight is 343 g/mol. The number of benzene rings is 1. The second kappa shape index (κ2) is 7.27. The van der Waals surface area contributed by atoms with E-state index in [2.05, 4.69) is 5.43 Å². The number of aryl methyl sites for hydroxylation is 1. The Balaban J connectivity index is 1.55. The van der Waals surface area contributed by atoms with E-state index in [-0.39, 0.29) is 18.9 Å². The fourth-order valence-electron chi connectivity index (χ4n) is 2.46. The topological polar surface area (TPSA) is 69.7 Å². The summed E-state index contributed by atoms with van der Waals surface area (Å²) in [6.45, 7) is 0.311. The van der Waals surface area contributed by atoms with E-state index in [0.717, 1.165) is 15.4 Å². The molecule has 3 rings (SSSR count). The lowest BCUT2D eigenvalue weighted by atomic mass is 10.2. The number of hydrogen-bond donors (Lipinski definition) is 1. The molecule has 24 heavy (non-hydrogen) atoms. The number of nitrogens with zero attached hydrogens (tertiary/aromatic N) is 2. The molecule has 1 aliphatic rings. The minimum absolute atomic E-state index is 0.0288. The van der Waals surface area contributed by atoms with Crippen LogP contribution in [0.1, 0.15) is 16.9 Å². The summed E-state index contributed by atoms with van der Waals surface area (Å²) in [5, 5.41) is 2.77. The lowest BCUT2D eigenvalue weighted by molar-refractivity contribution is -0.135. The summed E-state index contributed by atoms with van der Waals surface area (Å²) >= 11 is 1.57. The second-order valence-corrected chi connectivity index (χ2v) is 6.50. The average Bonchev–Trinajstić information content (AvgIpc) is 3.18. The van der Waals surface area contributed by atoms with E-state index in [1.165, 1.54) is 4.90 Å². The van der Waals surface area contributed by atoms with Gasteiger partial charge in [0.25, 0.3) is 5.91 Å². The maximum atomic E-state index is 12.3. The van der Waals surface area contributed by atoms with Crippen LogP contribution in [0.3, 0.4) is 0 Å². The number of imide groups is 1. The van der Waals surface area contributed by atoms with Crippen LogP contribution < -0.4 is 5.43 Å². The lowest BCUT2D eigenvalue weighted by Crippen LogP contribution is -2.46. The predicted molar refractivity (Wildman–Crippen MR) is 89.9 cm³/mol. The third-order valence-corrected chi connectivity index (χ3v) is 4.60. The Morgan fingerprint density at radius 1 is 1.12 bits per heavy atom. The van der Waals surface area contributed by atoms with E-state index < -0.39 is 11.9 Å². The van der Waals surface area contributed by atoms with Crippen LogP contribution in [0, 0.1) is 0 Å². The van der Waals surface area contributed by atoms with Gasteiger partial charge in [-0.3, -0.25) is 15.0 Å². The third-order valence-electron chi connectivity index (χ3n) is 3.67. The van der Waals surface area contributed by atoms with E-state index >= 15 is 0 Å². The second-order valence-electron chi connectivity index (χ2n) is 5.47. The van der Waals surface area contributed by atoms with Crippen LogP contribution in [0.4, 0.5) is 4.79 Å². The number of carbonyl (C=O) groups excluding carboxylic acids is 3. The highest BCUT2D eigenvalue weighted by atomic mass is 32.1. The van der Waals surface area contributed by atoms with Crippen molar-refractivity contribution in [3.63, 3.8) is 0 Å². The lowest BCUT2D eigenvalue weighted by Gasteiger charge is -2.17. The largest absolute Gasteiger partial charge is 0.346 e. The van der Waals surface area contributed by atoms with Gasteiger partial charge in [0, 0.05) is 17.8 Å². The van der Waals surface area contributed by atoms with Gasteiger partial charge in [0.15, 0.2) is 0 Å². The maximum Gasteiger partial charge on any atom is 0.346 e. The van der Waals surface area contributed by atoms with Gasteiger partial charge in [-0.2, -0.15) is 5.01 Å². The Morgan fingerprint density at radius 3 is 2.62 bits per heavy atom. The number of carbonyl (C=O) groups is 3. The SMILES string of the molecule is O=C(CCc1cccs1)NN1C(=O)CN(Cc2ccccc2)C1=O. The van der Waals surface area contributed by atoms with E-state index in [9.17, 15) is 14.4 Å². The molecule has 0 saturated carbocycles. The summed E-state index contributed by atoms with van der Waals surface area (Å²) in [7, 11) is 0. The first kappa shape index (κ1) is 16.2. The maximum absolute atomic E-state index is 12.3. The van der Waals surface area contributed by atoms with Crippen molar-refractivity contribution in [2.75, 3.05) is 6.54 Å². The van der Waals surface area contributed by atoms with Gasteiger partial charge in [0.05, 0.1) is 0 Å². The van der Waals surface area contributed by atoms with Gasteiger partial charge in [-0.25, -0.2) is 4.79 Å². The molecule has 1 saturated heterocycles. The predicted octanol–water partition coefficient (Wildman–Crippen LogP) is 2.18. The van der Waals surface area contributed by atoms with Crippen LogP contribution >= 0.6 is 11.3 Å². The fourth-order valence-corrected chi connectivity index (χ4v) is 3.17. The summed E-state index contributed by atoms with van der Waals surface area (Å²) in [5.41, 5.74) is 3.35. The molecule has 0 unspecified atom stereocenters. The first-order chi connectivity index (χ1) is 11.6. The van der Waals surface area contributed by atoms with Crippen molar-refractivity contribution in [2.45, 2.75) is 19.4 Å². The minimum Gasteiger partial charge on any atom is -0.309 e. The van der Waals surface area contributed by atoms with E-state index in [4.69, 9.17) is 0 Å². The Kier molecular flexibility index (Phi) is 4.90. The number of nitrogens with one attached hydrogen (secondary N) is 1. The summed E-state index contributed by atoms with van der Waals surface area (Å²) in [6, 6.07) is 12.8. The molecule has 0 aliphatic carbocycles. The molecule has 1 aliphatic heterocycles. The van der Waals surface area contributed by atoms with Crippen LogP contribution in [-0.2, 0) is 22.6 Å². The molecule has 0 spiro atoms. The number of hydrazine groups is 1. The molecular formula is C17H17N3O3S. The van der Waals surface area contributed by atoms with Crippen LogP contribution in [0.5, 0.6) is 0 Å². The molecule has 1 fully saturated rings.